The summed E-state index contributed by atoms with van der Waals surface area (Å²) in [7, 11) is 0. The van der Waals surface area contributed by atoms with E-state index in [1.165, 1.54) is 6.07 Å². The Kier molecular flexibility index (Phi) is 2.69. The molecule has 76 valence electrons. The summed E-state index contributed by atoms with van der Waals surface area (Å²) in [5.41, 5.74) is 1.16. The van der Waals surface area contributed by atoms with Crippen LogP contribution in [0.25, 0.3) is 0 Å². The minimum Gasteiger partial charge on any atom is -0.293 e. The highest BCUT2D eigenvalue weighted by atomic mass is 19.3. The molecule has 0 atom stereocenters. The van der Waals surface area contributed by atoms with E-state index in [9.17, 15) is 13.6 Å². The molecule has 0 aromatic heterocycles. The third kappa shape index (κ3) is 1.81. The molecule has 0 heterocycles. The van der Waals surface area contributed by atoms with Gasteiger partial charge < -0.3 is 0 Å². The fourth-order valence-electron chi connectivity index (χ4n) is 1.36. The Bertz CT molecular complexity index is 370. The summed E-state index contributed by atoms with van der Waals surface area (Å²) in [4.78, 5) is 10.8. The molecule has 1 aromatic rings. The van der Waals surface area contributed by atoms with E-state index < -0.39 is 11.7 Å². The number of hydrogen-bond donors (Lipinski definition) is 0. The third-order valence-electron chi connectivity index (χ3n) is 2.16. The van der Waals surface area contributed by atoms with Crippen molar-refractivity contribution in [2.24, 2.45) is 0 Å². The fraction of sp³-hybridized carbons (Fsp3) is 0.364. The van der Waals surface area contributed by atoms with Gasteiger partial charge in [0.25, 0.3) is 0 Å². The molecule has 0 aliphatic carbocycles. The maximum atomic E-state index is 13.3. The molecule has 14 heavy (non-hydrogen) atoms. The van der Waals surface area contributed by atoms with Gasteiger partial charge in [-0.2, -0.15) is 8.78 Å². The number of halogens is 2. The predicted octanol–water partition coefficient (Wildman–Crippen LogP) is 2.98. The number of carbonyl (C=O) groups is 1. The first-order chi connectivity index (χ1) is 6.35. The van der Waals surface area contributed by atoms with Crippen molar-refractivity contribution >= 4 is 5.78 Å². The second-order valence-electron chi connectivity index (χ2n) is 3.45. The van der Waals surface area contributed by atoms with Gasteiger partial charge in [0.05, 0.1) is 0 Å². The molecular weight excluding hydrogens is 186 g/mol. The molecule has 0 unspecified atom stereocenters. The van der Waals surface area contributed by atoms with Crippen LogP contribution in [0.3, 0.4) is 0 Å². The van der Waals surface area contributed by atoms with Crippen LogP contribution in [0.15, 0.2) is 18.2 Å². The van der Waals surface area contributed by atoms with Crippen molar-refractivity contribution in [2.45, 2.75) is 26.7 Å². The van der Waals surface area contributed by atoms with Gasteiger partial charge >= 0.3 is 5.92 Å². The fourth-order valence-corrected chi connectivity index (χ4v) is 1.36. The average Bonchev–Trinajstić information content (AvgIpc) is 2.02. The SMILES string of the molecule is CC(=O)C(F)(F)c1ccc(C)cc1C. The summed E-state index contributed by atoms with van der Waals surface area (Å²) in [6, 6.07) is 4.54. The first kappa shape index (κ1) is 10.8. The second-order valence-corrected chi connectivity index (χ2v) is 3.45. The summed E-state index contributed by atoms with van der Waals surface area (Å²) >= 11 is 0. The van der Waals surface area contributed by atoms with Crippen molar-refractivity contribution in [1.29, 1.82) is 0 Å². The molecule has 0 radical (unpaired) electrons. The van der Waals surface area contributed by atoms with Gasteiger partial charge in [-0.05, 0) is 19.4 Å². The van der Waals surface area contributed by atoms with Crippen molar-refractivity contribution in [2.75, 3.05) is 0 Å². The standard InChI is InChI=1S/C11H12F2O/c1-7-4-5-10(8(2)6-7)11(12,13)9(3)14/h4-6H,1-3H3. The Labute approximate surface area is 81.7 Å². The lowest BCUT2D eigenvalue weighted by molar-refractivity contribution is -0.142. The van der Waals surface area contributed by atoms with Crippen molar-refractivity contribution < 1.29 is 13.6 Å². The monoisotopic (exact) mass is 198 g/mol. The van der Waals surface area contributed by atoms with Crippen LogP contribution in [0.4, 0.5) is 8.78 Å². The quantitative estimate of drug-likeness (QED) is 0.714. The van der Waals surface area contributed by atoms with Crippen LogP contribution in [0, 0.1) is 13.8 Å². The molecular formula is C11H12F2O. The van der Waals surface area contributed by atoms with E-state index in [0.29, 0.717) is 5.56 Å². The number of benzene rings is 1. The van der Waals surface area contributed by atoms with Crippen LogP contribution in [0.2, 0.25) is 0 Å². The lowest BCUT2D eigenvalue weighted by atomic mass is 9.98. The van der Waals surface area contributed by atoms with Crippen molar-refractivity contribution in [3.05, 3.63) is 34.9 Å². The molecule has 0 N–H and O–H groups in total. The first-order valence-corrected chi connectivity index (χ1v) is 4.32. The van der Waals surface area contributed by atoms with Gasteiger partial charge in [-0.25, -0.2) is 0 Å². The number of hydrogen-bond acceptors (Lipinski definition) is 1. The van der Waals surface area contributed by atoms with Crippen LogP contribution >= 0.6 is 0 Å². The lowest BCUT2D eigenvalue weighted by Gasteiger charge is -2.15. The van der Waals surface area contributed by atoms with Crippen LogP contribution in [-0.4, -0.2) is 5.78 Å². The maximum Gasteiger partial charge on any atom is 0.330 e. The van der Waals surface area contributed by atoms with Crippen LogP contribution in [-0.2, 0) is 10.7 Å². The van der Waals surface area contributed by atoms with E-state index in [0.717, 1.165) is 12.5 Å². The van der Waals surface area contributed by atoms with Gasteiger partial charge in [0.1, 0.15) is 0 Å². The Balaban J connectivity index is 3.26. The summed E-state index contributed by atoms with van der Waals surface area (Å²) in [6.45, 7) is 4.31. The molecule has 0 amide bonds. The minimum absolute atomic E-state index is 0.199. The van der Waals surface area contributed by atoms with Crippen molar-refractivity contribution in [1.82, 2.24) is 0 Å². The number of rotatable bonds is 2. The van der Waals surface area contributed by atoms with E-state index in [2.05, 4.69) is 0 Å². The molecule has 0 fully saturated rings. The topological polar surface area (TPSA) is 17.1 Å². The van der Waals surface area contributed by atoms with Gasteiger partial charge in [0, 0.05) is 12.5 Å². The van der Waals surface area contributed by atoms with E-state index in [-0.39, 0.29) is 5.56 Å². The number of carbonyl (C=O) groups excluding carboxylic acids is 1. The van der Waals surface area contributed by atoms with E-state index in [1.54, 1.807) is 19.1 Å². The highest BCUT2D eigenvalue weighted by molar-refractivity contribution is 5.84. The van der Waals surface area contributed by atoms with Crippen LogP contribution in [0.5, 0.6) is 0 Å². The molecule has 0 bridgehead atoms. The summed E-state index contributed by atoms with van der Waals surface area (Å²) < 4.78 is 26.6. The summed E-state index contributed by atoms with van der Waals surface area (Å²) in [6.07, 6.45) is 0. The van der Waals surface area contributed by atoms with Crippen LogP contribution < -0.4 is 0 Å². The average molecular weight is 198 g/mol. The van der Waals surface area contributed by atoms with Gasteiger partial charge in [0.15, 0.2) is 0 Å². The van der Waals surface area contributed by atoms with E-state index in [1.807, 2.05) is 6.92 Å². The molecule has 3 heteroatoms. The lowest BCUT2D eigenvalue weighted by Crippen LogP contribution is -2.24. The molecule has 1 aromatic carbocycles. The normalized spacial score (nSPS) is 11.5. The minimum atomic E-state index is -3.36. The second kappa shape index (κ2) is 3.48. The van der Waals surface area contributed by atoms with Crippen LogP contribution in [0.1, 0.15) is 23.6 Å². The molecule has 0 aliphatic heterocycles. The van der Waals surface area contributed by atoms with Gasteiger partial charge in [0.2, 0.25) is 5.78 Å². The van der Waals surface area contributed by atoms with E-state index in [4.69, 9.17) is 0 Å². The predicted molar refractivity (Wildman–Crippen MR) is 50.5 cm³/mol. The zero-order valence-electron chi connectivity index (χ0n) is 8.40. The molecule has 0 saturated heterocycles. The molecule has 0 saturated carbocycles. The first-order valence-electron chi connectivity index (χ1n) is 4.32. The summed E-state index contributed by atoms with van der Waals surface area (Å²) in [5, 5.41) is 0. The highest BCUT2D eigenvalue weighted by Gasteiger charge is 2.38. The zero-order chi connectivity index (χ0) is 10.9. The third-order valence-corrected chi connectivity index (χ3v) is 2.16. The van der Waals surface area contributed by atoms with Gasteiger partial charge in [-0.15, -0.1) is 0 Å². The Morgan fingerprint density at radius 1 is 1.29 bits per heavy atom. The maximum absolute atomic E-state index is 13.3. The Morgan fingerprint density at radius 2 is 1.86 bits per heavy atom. The number of Topliss-reactive ketones (excluding diaryl/α,β-unsaturated/α-hetero) is 1. The molecule has 0 aliphatic rings. The van der Waals surface area contributed by atoms with Gasteiger partial charge in [-0.1, -0.05) is 23.8 Å². The van der Waals surface area contributed by atoms with E-state index >= 15 is 0 Å². The summed E-state index contributed by atoms with van der Waals surface area (Å²) in [5.74, 6) is -4.48. The number of alkyl halides is 2. The molecule has 0 spiro atoms. The largest absolute Gasteiger partial charge is 0.330 e. The van der Waals surface area contributed by atoms with Gasteiger partial charge in [-0.3, -0.25) is 4.79 Å². The number of ketones is 1. The Hall–Kier alpha value is -1.25. The smallest absolute Gasteiger partial charge is 0.293 e. The molecule has 1 nitrogen and oxygen atoms in total. The van der Waals surface area contributed by atoms with Crippen molar-refractivity contribution in [3.63, 3.8) is 0 Å². The molecule has 1 rings (SSSR count). The Morgan fingerprint density at radius 3 is 2.29 bits per heavy atom. The highest BCUT2D eigenvalue weighted by Crippen LogP contribution is 2.31. The number of aryl methyl sites for hydroxylation is 2. The zero-order valence-corrected chi connectivity index (χ0v) is 8.40. The van der Waals surface area contributed by atoms with Crippen molar-refractivity contribution in [3.8, 4) is 0 Å².